The average molecular weight is 297 g/mol. The van der Waals surface area contributed by atoms with Crippen LogP contribution in [-0.4, -0.2) is 0 Å². The van der Waals surface area contributed by atoms with Gasteiger partial charge in [-0.1, -0.05) is 29.8 Å². The number of benzene rings is 1. The summed E-state index contributed by atoms with van der Waals surface area (Å²) in [5.74, 6) is 5.64. The largest absolute Gasteiger partial charge is 0.271 e. The van der Waals surface area contributed by atoms with Crippen LogP contribution in [0, 0.1) is 6.92 Å². The predicted octanol–water partition coefficient (Wildman–Crippen LogP) is 3.37. The van der Waals surface area contributed by atoms with Gasteiger partial charge < -0.3 is 0 Å². The van der Waals surface area contributed by atoms with E-state index in [1.54, 1.807) is 11.3 Å². The second-order valence-corrected chi connectivity index (χ2v) is 5.45. The second kappa shape index (κ2) is 5.10. The molecule has 0 radical (unpaired) electrons. The first-order chi connectivity index (χ1) is 7.72. The number of nitrogens with two attached hydrogens (primary N) is 1. The molecule has 16 heavy (non-hydrogen) atoms. The van der Waals surface area contributed by atoms with Gasteiger partial charge in [0.25, 0.3) is 0 Å². The van der Waals surface area contributed by atoms with Crippen molar-refractivity contribution in [3.05, 3.63) is 56.2 Å². The smallest absolute Gasteiger partial charge is 0.0813 e. The van der Waals surface area contributed by atoms with Gasteiger partial charge in [-0.05, 0) is 39.9 Å². The Morgan fingerprint density at radius 1 is 1.25 bits per heavy atom. The number of nitrogens with one attached hydrogen (secondary N) is 1. The Labute approximate surface area is 108 Å². The van der Waals surface area contributed by atoms with Crippen LogP contribution in [0.1, 0.15) is 22.0 Å². The topological polar surface area (TPSA) is 38.0 Å². The second-order valence-electron chi connectivity index (χ2n) is 3.64. The number of halogens is 1. The van der Waals surface area contributed by atoms with Gasteiger partial charge >= 0.3 is 0 Å². The summed E-state index contributed by atoms with van der Waals surface area (Å²) in [6, 6.07) is 10.5. The van der Waals surface area contributed by atoms with E-state index in [-0.39, 0.29) is 6.04 Å². The van der Waals surface area contributed by atoms with Crippen molar-refractivity contribution in [3.8, 4) is 0 Å². The molecule has 0 aliphatic heterocycles. The minimum absolute atomic E-state index is 0.0509. The number of hydrogen-bond acceptors (Lipinski definition) is 3. The van der Waals surface area contributed by atoms with Crippen molar-refractivity contribution >= 4 is 27.3 Å². The molecule has 84 valence electrons. The van der Waals surface area contributed by atoms with Gasteiger partial charge in [0.05, 0.1) is 6.04 Å². The highest BCUT2D eigenvalue weighted by atomic mass is 79.9. The lowest BCUT2D eigenvalue weighted by Crippen LogP contribution is -2.28. The van der Waals surface area contributed by atoms with Crippen molar-refractivity contribution in [2.45, 2.75) is 13.0 Å². The van der Waals surface area contributed by atoms with Crippen LogP contribution in [0.15, 0.2) is 40.2 Å². The van der Waals surface area contributed by atoms with Crippen LogP contribution in [0.3, 0.4) is 0 Å². The number of aryl methyl sites for hydroxylation is 1. The van der Waals surface area contributed by atoms with Gasteiger partial charge in [-0.25, -0.2) is 5.43 Å². The molecule has 0 aliphatic rings. The van der Waals surface area contributed by atoms with E-state index in [1.165, 1.54) is 16.0 Å². The summed E-state index contributed by atoms with van der Waals surface area (Å²) < 4.78 is 1.10. The molecule has 2 nitrogen and oxygen atoms in total. The van der Waals surface area contributed by atoms with Crippen LogP contribution in [0.2, 0.25) is 0 Å². The van der Waals surface area contributed by atoms with Crippen LogP contribution >= 0.6 is 27.3 Å². The Hall–Kier alpha value is -0.680. The lowest BCUT2D eigenvalue weighted by atomic mass is 10.0. The van der Waals surface area contributed by atoms with Gasteiger partial charge in [0.2, 0.25) is 0 Å². The summed E-state index contributed by atoms with van der Waals surface area (Å²) >= 11 is 5.23. The highest BCUT2D eigenvalue weighted by molar-refractivity contribution is 9.10. The highest BCUT2D eigenvalue weighted by Crippen LogP contribution is 2.32. The molecule has 1 heterocycles. The lowest BCUT2D eigenvalue weighted by Gasteiger charge is -2.15. The molecule has 0 bridgehead atoms. The summed E-state index contributed by atoms with van der Waals surface area (Å²) in [4.78, 5) is 1.20. The van der Waals surface area contributed by atoms with Gasteiger partial charge in [0.15, 0.2) is 0 Å². The van der Waals surface area contributed by atoms with E-state index in [0.717, 1.165) is 4.47 Å². The zero-order chi connectivity index (χ0) is 11.5. The van der Waals surface area contributed by atoms with Crippen molar-refractivity contribution in [1.82, 2.24) is 5.43 Å². The Bertz CT molecular complexity index is 464. The zero-order valence-electron chi connectivity index (χ0n) is 8.91. The number of hydrazine groups is 1. The summed E-state index contributed by atoms with van der Waals surface area (Å²) in [6.07, 6.45) is 0. The average Bonchev–Trinajstić information content (AvgIpc) is 2.69. The SMILES string of the molecule is Cc1ccc(C(NN)c2sccc2Br)cc1. The van der Waals surface area contributed by atoms with Gasteiger partial charge in [-0.15, -0.1) is 11.3 Å². The maximum Gasteiger partial charge on any atom is 0.0813 e. The predicted molar refractivity (Wildman–Crippen MR) is 72.4 cm³/mol. The molecule has 0 fully saturated rings. The molecule has 2 rings (SSSR count). The van der Waals surface area contributed by atoms with Gasteiger partial charge in [-0.3, -0.25) is 5.84 Å². The van der Waals surface area contributed by atoms with E-state index in [1.807, 2.05) is 6.07 Å². The molecule has 0 spiro atoms. The Kier molecular flexibility index (Phi) is 3.76. The molecule has 2 aromatic rings. The standard InChI is InChI=1S/C12H13BrN2S/c1-8-2-4-9(5-3-8)11(15-14)12-10(13)6-7-16-12/h2-7,11,15H,14H2,1H3. The maximum atomic E-state index is 5.64. The molecule has 0 amide bonds. The van der Waals surface area contributed by atoms with Crippen LogP contribution in [0.25, 0.3) is 0 Å². The normalized spacial score (nSPS) is 12.7. The molecule has 1 aromatic carbocycles. The zero-order valence-corrected chi connectivity index (χ0v) is 11.3. The van der Waals surface area contributed by atoms with Crippen LogP contribution in [-0.2, 0) is 0 Å². The molecular weight excluding hydrogens is 284 g/mol. The van der Waals surface area contributed by atoms with E-state index in [4.69, 9.17) is 5.84 Å². The summed E-state index contributed by atoms with van der Waals surface area (Å²) in [7, 11) is 0. The monoisotopic (exact) mass is 296 g/mol. The summed E-state index contributed by atoms with van der Waals surface area (Å²) in [6.45, 7) is 2.08. The maximum absolute atomic E-state index is 5.64. The van der Waals surface area contributed by atoms with E-state index in [0.29, 0.717) is 0 Å². The lowest BCUT2D eigenvalue weighted by molar-refractivity contribution is 0.644. The first-order valence-corrected chi connectivity index (χ1v) is 6.65. The molecular formula is C12H13BrN2S. The van der Waals surface area contributed by atoms with Gasteiger partial charge in [0, 0.05) is 9.35 Å². The third kappa shape index (κ3) is 2.35. The number of hydrogen-bond donors (Lipinski definition) is 2. The minimum atomic E-state index is 0.0509. The molecule has 3 N–H and O–H groups in total. The third-order valence-corrected chi connectivity index (χ3v) is 4.42. The molecule has 1 atom stereocenters. The van der Waals surface area contributed by atoms with E-state index >= 15 is 0 Å². The quantitative estimate of drug-likeness (QED) is 0.673. The van der Waals surface area contributed by atoms with Crippen molar-refractivity contribution in [3.63, 3.8) is 0 Å². The van der Waals surface area contributed by atoms with Crippen molar-refractivity contribution in [1.29, 1.82) is 0 Å². The van der Waals surface area contributed by atoms with E-state index in [9.17, 15) is 0 Å². The fraction of sp³-hybridized carbons (Fsp3) is 0.167. The van der Waals surface area contributed by atoms with E-state index < -0.39 is 0 Å². The van der Waals surface area contributed by atoms with Gasteiger partial charge in [-0.2, -0.15) is 0 Å². The Morgan fingerprint density at radius 2 is 1.94 bits per heavy atom. The Morgan fingerprint density at radius 3 is 2.44 bits per heavy atom. The summed E-state index contributed by atoms with van der Waals surface area (Å²) in [5.41, 5.74) is 5.29. The number of rotatable bonds is 3. The molecule has 0 aliphatic carbocycles. The minimum Gasteiger partial charge on any atom is -0.271 e. The molecule has 0 saturated heterocycles. The van der Waals surface area contributed by atoms with Crippen LogP contribution in [0.4, 0.5) is 0 Å². The molecule has 0 saturated carbocycles. The van der Waals surface area contributed by atoms with Crippen molar-refractivity contribution < 1.29 is 0 Å². The first-order valence-electron chi connectivity index (χ1n) is 4.98. The van der Waals surface area contributed by atoms with E-state index in [2.05, 4.69) is 57.9 Å². The van der Waals surface area contributed by atoms with Crippen LogP contribution < -0.4 is 11.3 Å². The van der Waals surface area contributed by atoms with Crippen molar-refractivity contribution in [2.75, 3.05) is 0 Å². The van der Waals surface area contributed by atoms with Gasteiger partial charge in [0.1, 0.15) is 0 Å². The first kappa shape index (κ1) is 11.8. The fourth-order valence-corrected chi connectivity index (χ4v) is 3.28. The Balaban J connectivity index is 2.37. The summed E-state index contributed by atoms with van der Waals surface area (Å²) in [5, 5.41) is 2.05. The van der Waals surface area contributed by atoms with Crippen molar-refractivity contribution in [2.24, 2.45) is 5.84 Å². The fourth-order valence-electron chi connectivity index (χ4n) is 1.59. The molecule has 1 unspecified atom stereocenters. The van der Waals surface area contributed by atoms with Crippen LogP contribution in [0.5, 0.6) is 0 Å². The number of thiophene rings is 1. The molecule has 4 heteroatoms. The third-order valence-electron chi connectivity index (χ3n) is 2.48. The highest BCUT2D eigenvalue weighted by Gasteiger charge is 2.16. The molecule has 1 aromatic heterocycles.